The molecule has 4 heteroatoms. The first kappa shape index (κ1) is 52.7. The maximum absolute atomic E-state index is 5.81. The molecule has 5 aromatic carbocycles. The fourth-order valence-electron chi connectivity index (χ4n) is 12.0. The molecular weight excluding hydrogens is 921 g/mol. The van der Waals surface area contributed by atoms with Crippen molar-refractivity contribution < 1.29 is 0 Å². The van der Waals surface area contributed by atoms with Gasteiger partial charge < -0.3 is 0 Å². The van der Waals surface area contributed by atoms with Crippen LogP contribution >= 0.6 is 22.7 Å². The van der Waals surface area contributed by atoms with Crippen LogP contribution in [0, 0.1) is 13.8 Å². The second-order valence-electron chi connectivity index (χ2n) is 21.5. The van der Waals surface area contributed by atoms with E-state index in [1.54, 1.807) is 11.1 Å². The Labute approximate surface area is 448 Å². The van der Waals surface area contributed by atoms with Crippen molar-refractivity contribution in [2.75, 3.05) is 0 Å². The molecule has 0 saturated heterocycles. The number of rotatable bonds is 27. The Morgan fingerprint density at radius 3 is 1.41 bits per heavy atom. The molecule has 380 valence electrons. The van der Waals surface area contributed by atoms with E-state index < -0.39 is 0 Å². The molecule has 0 spiro atoms. The molecule has 0 bridgehead atoms. The highest BCUT2D eigenvalue weighted by Crippen LogP contribution is 2.56. The van der Waals surface area contributed by atoms with Gasteiger partial charge in [-0.1, -0.05) is 239 Å². The van der Waals surface area contributed by atoms with Gasteiger partial charge in [-0.2, -0.15) is 0 Å². The van der Waals surface area contributed by atoms with Crippen LogP contribution in [0.4, 0.5) is 0 Å². The summed E-state index contributed by atoms with van der Waals surface area (Å²) in [7, 11) is 0. The Morgan fingerprint density at radius 2 is 0.849 bits per heavy atom. The minimum atomic E-state index is 0.0343. The van der Waals surface area contributed by atoms with E-state index in [0.29, 0.717) is 0 Å². The van der Waals surface area contributed by atoms with Crippen LogP contribution in [0.1, 0.15) is 189 Å². The summed E-state index contributed by atoms with van der Waals surface area (Å²) >= 11 is 3.90. The van der Waals surface area contributed by atoms with E-state index >= 15 is 0 Å². The lowest BCUT2D eigenvalue weighted by atomic mass is 9.70. The molecule has 9 rings (SSSR count). The lowest BCUT2D eigenvalue weighted by molar-refractivity contribution is 0.398. The number of nitrogens with zero attached hydrogens (tertiary/aromatic N) is 2. The van der Waals surface area contributed by atoms with Crippen molar-refractivity contribution in [1.82, 2.24) is 9.97 Å². The monoisotopic (exact) mass is 1000 g/mol. The number of benzene rings is 5. The quantitative estimate of drug-likeness (QED) is 0.0480. The van der Waals surface area contributed by atoms with Crippen LogP contribution in [-0.2, 0) is 18.3 Å². The molecule has 0 amide bonds. The van der Waals surface area contributed by atoms with E-state index in [1.807, 2.05) is 22.7 Å². The van der Waals surface area contributed by atoms with Gasteiger partial charge in [0.05, 0.1) is 22.4 Å². The lowest BCUT2D eigenvalue weighted by Gasteiger charge is -2.33. The molecule has 1 aliphatic carbocycles. The number of aryl methyl sites for hydroxylation is 4. The molecule has 3 heterocycles. The Hall–Kier alpha value is -5.16. The van der Waals surface area contributed by atoms with Gasteiger partial charge in [0.2, 0.25) is 0 Å². The molecule has 0 saturated carbocycles. The van der Waals surface area contributed by atoms with Gasteiger partial charge in [-0.25, -0.2) is 9.97 Å². The molecule has 0 radical (unpaired) electrons. The van der Waals surface area contributed by atoms with E-state index in [1.165, 1.54) is 192 Å². The summed E-state index contributed by atoms with van der Waals surface area (Å²) in [4.78, 5) is 17.0. The normalized spacial score (nSPS) is 12.7. The standard InChI is InChI=1S/C69H82N2S2/c1-7-11-15-17-19-29-43-69(44-30-20-18-16-12-8-2)60-45-49(5)37-39-56(60)57-40-38-55(46-61(57)69)68-54(36-24-14-10-4)48-63(73-68)59-42-41-58(62-47-53(50(6)72-62)35-23-13-9-3)66-67(59)71-65(52-33-27-22-28-34-52)64(70-66)51-31-25-21-26-32-51/h21-22,25-28,31-34,37-42,45-48H,7-20,23-24,29-30,35-36,43-44H2,1-6H3. The zero-order valence-corrected chi connectivity index (χ0v) is 46.9. The summed E-state index contributed by atoms with van der Waals surface area (Å²) in [6, 6.07) is 46.3. The molecule has 1 aliphatic rings. The summed E-state index contributed by atoms with van der Waals surface area (Å²) in [5.41, 5.74) is 20.2. The smallest absolute Gasteiger partial charge is 0.0988 e. The lowest BCUT2D eigenvalue weighted by Crippen LogP contribution is -2.25. The largest absolute Gasteiger partial charge is 0.243 e. The molecule has 0 N–H and O–H groups in total. The van der Waals surface area contributed by atoms with E-state index in [4.69, 9.17) is 9.97 Å². The minimum Gasteiger partial charge on any atom is -0.243 e. The number of fused-ring (bicyclic) bond motifs is 4. The second kappa shape index (κ2) is 25.4. The third kappa shape index (κ3) is 11.9. The summed E-state index contributed by atoms with van der Waals surface area (Å²) in [5.74, 6) is 0. The highest BCUT2D eigenvalue weighted by atomic mass is 32.1. The predicted molar refractivity (Wildman–Crippen MR) is 321 cm³/mol. The Balaban J connectivity index is 1.20. The van der Waals surface area contributed by atoms with Gasteiger partial charge in [0, 0.05) is 47.2 Å². The first-order chi connectivity index (χ1) is 35.9. The zero-order chi connectivity index (χ0) is 50.6. The van der Waals surface area contributed by atoms with Crippen molar-refractivity contribution in [3.05, 3.63) is 154 Å². The van der Waals surface area contributed by atoms with E-state index in [9.17, 15) is 0 Å². The van der Waals surface area contributed by atoms with Crippen molar-refractivity contribution in [2.24, 2.45) is 0 Å². The van der Waals surface area contributed by atoms with Crippen LogP contribution in [0.2, 0.25) is 0 Å². The van der Waals surface area contributed by atoms with Crippen molar-refractivity contribution in [1.29, 1.82) is 0 Å². The number of hydrogen-bond acceptors (Lipinski definition) is 4. The van der Waals surface area contributed by atoms with Crippen LogP contribution in [0.25, 0.3) is 76.0 Å². The topological polar surface area (TPSA) is 25.8 Å². The molecule has 0 fully saturated rings. The highest BCUT2D eigenvalue weighted by molar-refractivity contribution is 7.19. The molecule has 2 nitrogen and oxygen atoms in total. The van der Waals surface area contributed by atoms with Crippen LogP contribution < -0.4 is 0 Å². The molecule has 73 heavy (non-hydrogen) atoms. The minimum absolute atomic E-state index is 0.0343. The SMILES string of the molecule is CCCCCCCCC1(CCCCCCCC)c2cc(C)ccc2-c2ccc(-c3sc(-c4ccc(-c5cc(CCCCC)c(C)s5)c5nc(-c6ccccc6)c(-c6ccccc6)nc45)cc3CCCCC)cc21. The Kier molecular flexibility index (Phi) is 18.3. The first-order valence-corrected chi connectivity index (χ1v) is 30.4. The first-order valence-electron chi connectivity index (χ1n) is 28.8. The van der Waals surface area contributed by atoms with E-state index in [2.05, 4.69) is 163 Å². The van der Waals surface area contributed by atoms with Crippen LogP contribution in [-0.4, -0.2) is 9.97 Å². The molecule has 0 atom stereocenters. The van der Waals surface area contributed by atoms with Crippen LogP contribution in [0.3, 0.4) is 0 Å². The fourth-order valence-corrected chi connectivity index (χ4v) is 14.3. The summed E-state index contributed by atoms with van der Waals surface area (Å²) in [5, 5.41) is 0. The van der Waals surface area contributed by atoms with Gasteiger partial charge in [-0.3, -0.25) is 0 Å². The van der Waals surface area contributed by atoms with Crippen molar-refractivity contribution in [2.45, 2.75) is 188 Å². The van der Waals surface area contributed by atoms with Crippen LogP contribution in [0.15, 0.2) is 121 Å². The Bertz CT molecular complexity index is 3030. The summed E-state index contributed by atoms with van der Waals surface area (Å²) < 4.78 is 0. The van der Waals surface area contributed by atoms with Crippen molar-refractivity contribution in [3.8, 4) is 65.0 Å². The molecular formula is C69H82N2S2. The van der Waals surface area contributed by atoms with Crippen molar-refractivity contribution >= 4 is 33.7 Å². The highest BCUT2D eigenvalue weighted by Gasteiger charge is 2.42. The average Bonchev–Trinajstić information content (AvgIpc) is 4.09. The van der Waals surface area contributed by atoms with Crippen LogP contribution in [0.5, 0.6) is 0 Å². The third-order valence-corrected chi connectivity index (χ3v) is 18.5. The van der Waals surface area contributed by atoms with Gasteiger partial charge in [-0.05, 0) is 110 Å². The third-order valence-electron chi connectivity index (χ3n) is 16.1. The van der Waals surface area contributed by atoms with Crippen molar-refractivity contribution in [3.63, 3.8) is 0 Å². The molecule has 0 aliphatic heterocycles. The van der Waals surface area contributed by atoms with E-state index in [-0.39, 0.29) is 5.41 Å². The molecule has 0 unspecified atom stereocenters. The van der Waals surface area contributed by atoms with Gasteiger partial charge in [0.15, 0.2) is 0 Å². The average molecular weight is 1000 g/mol. The summed E-state index contributed by atoms with van der Waals surface area (Å²) in [6.07, 6.45) is 27.9. The molecule has 3 aromatic heterocycles. The van der Waals surface area contributed by atoms with E-state index in [0.717, 1.165) is 46.4 Å². The number of aromatic nitrogens is 2. The van der Waals surface area contributed by atoms with Gasteiger partial charge >= 0.3 is 0 Å². The fraction of sp³-hybridized carbons (Fsp3) is 0.420. The predicted octanol–water partition coefficient (Wildman–Crippen LogP) is 21.9. The van der Waals surface area contributed by atoms with Gasteiger partial charge in [-0.15, -0.1) is 22.7 Å². The summed E-state index contributed by atoms with van der Waals surface area (Å²) in [6.45, 7) is 13.9. The number of thiophene rings is 2. The molecule has 8 aromatic rings. The second-order valence-corrected chi connectivity index (χ2v) is 23.8. The number of unbranched alkanes of at least 4 members (excludes halogenated alkanes) is 14. The zero-order valence-electron chi connectivity index (χ0n) is 45.3. The Morgan fingerprint density at radius 1 is 0.397 bits per heavy atom. The van der Waals surface area contributed by atoms with Gasteiger partial charge in [0.1, 0.15) is 0 Å². The number of hydrogen-bond donors (Lipinski definition) is 0. The maximum atomic E-state index is 5.81. The van der Waals surface area contributed by atoms with Gasteiger partial charge in [0.25, 0.3) is 0 Å². The maximum Gasteiger partial charge on any atom is 0.0988 e.